The molecule has 0 N–H and O–H groups in total. The van der Waals surface area contributed by atoms with Crippen LogP contribution in [0.2, 0.25) is 0 Å². The van der Waals surface area contributed by atoms with Crippen molar-refractivity contribution < 1.29 is 9.47 Å². The fraction of sp³-hybridized carbons (Fsp3) is 1.00. The first-order chi connectivity index (χ1) is 4.43. The molecule has 0 spiro atoms. The highest BCUT2D eigenvalue weighted by atomic mass is 32.2. The normalized spacial score (nSPS) is 27.0. The molecule has 0 bridgehead atoms. The van der Waals surface area contributed by atoms with E-state index in [1.807, 2.05) is 11.8 Å². The zero-order valence-corrected chi connectivity index (χ0v) is 6.45. The topological polar surface area (TPSA) is 18.5 Å². The molecule has 0 aromatic rings. The van der Waals surface area contributed by atoms with E-state index in [0.29, 0.717) is 12.9 Å². The molecule has 0 saturated carbocycles. The van der Waals surface area contributed by atoms with Crippen LogP contribution in [0.25, 0.3) is 0 Å². The fourth-order valence-corrected chi connectivity index (χ4v) is 1.29. The first kappa shape index (κ1) is 7.38. The van der Waals surface area contributed by atoms with Crippen LogP contribution >= 0.6 is 11.8 Å². The van der Waals surface area contributed by atoms with Gasteiger partial charge in [-0.15, -0.1) is 0 Å². The molecule has 0 radical (unpaired) electrons. The Morgan fingerprint density at radius 2 is 2.56 bits per heavy atom. The summed E-state index contributed by atoms with van der Waals surface area (Å²) in [4.78, 5) is 0. The first-order valence-electron chi connectivity index (χ1n) is 3.12. The summed E-state index contributed by atoms with van der Waals surface area (Å²) in [6.45, 7) is 1.29. The van der Waals surface area contributed by atoms with E-state index >= 15 is 0 Å². The van der Waals surface area contributed by atoms with Gasteiger partial charge in [-0.1, -0.05) is 0 Å². The number of hydrogen-bond acceptors (Lipinski definition) is 3. The second kappa shape index (κ2) is 4.14. The molecular weight excluding hydrogens is 136 g/mol. The molecule has 3 heteroatoms. The van der Waals surface area contributed by atoms with Gasteiger partial charge in [-0.25, -0.2) is 0 Å². The minimum Gasteiger partial charge on any atom is -0.353 e. The summed E-state index contributed by atoms with van der Waals surface area (Å²) in [5.74, 6) is 1.17. The van der Waals surface area contributed by atoms with E-state index in [0.717, 1.165) is 13.0 Å². The molecule has 9 heavy (non-hydrogen) atoms. The van der Waals surface area contributed by atoms with Crippen LogP contribution in [0.4, 0.5) is 0 Å². The quantitative estimate of drug-likeness (QED) is 0.597. The average Bonchev–Trinajstić information content (AvgIpc) is 2.34. The molecule has 2 nitrogen and oxygen atoms in total. The molecule has 1 saturated heterocycles. The highest BCUT2D eigenvalue weighted by Gasteiger charge is 2.14. The van der Waals surface area contributed by atoms with Gasteiger partial charge in [0.15, 0.2) is 0 Å². The lowest BCUT2D eigenvalue weighted by atomic mass is 10.3. The van der Waals surface area contributed by atoms with Crippen molar-refractivity contribution >= 4 is 11.8 Å². The van der Waals surface area contributed by atoms with E-state index in [2.05, 4.69) is 6.26 Å². The fourth-order valence-electron chi connectivity index (χ4n) is 0.788. The number of hydrogen-bond donors (Lipinski definition) is 0. The maximum absolute atomic E-state index is 5.22. The van der Waals surface area contributed by atoms with Gasteiger partial charge in [0.25, 0.3) is 0 Å². The van der Waals surface area contributed by atoms with Crippen LogP contribution in [0.5, 0.6) is 0 Å². The van der Waals surface area contributed by atoms with Gasteiger partial charge in [0.1, 0.15) is 6.79 Å². The van der Waals surface area contributed by atoms with E-state index in [9.17, 15) is 0 Å². The van der Waals surface area contributed by atoms with Crippen molar-refractivity contribution in [3.63, 3.8) is 0 Å². The van der Waals surface area contributed by atoms with Crippen molar-refractivity contribution in [3.05, 3.63) is 0 Å². The van der Waals surface area contributed by atoms with Crippen LogP contribution < -0.4 is 0 Å². The Morgan fingerprint density at radius 3 is 3.11 bits per heavy atom. The van der Waals surface area contributed by atoms with Crippen LogP contribution in [0, 0.1) is 0 Å². The summed E-state index contributed by atoms with van der Waals surface area (Å²) >= 11 is 1.85. The molecule has 1 rings (SSSR count). The zero-order valence-electron chi connectivity index (χ0n) is 5.63. The van der Waals surface area contributed by atoms with Crippen molar-refractivity contribution in [2.75, 3.05) is 25.4 Å². The van der Waals surface area contributed by atoms with Gasteiger partial charge in [-0.3, -0.25) is 0 Å². The maximum Gasteiger partial charge on any atom is 0.147 e. The number of ether oxygens (including phenoxy) is 2. The summed E-state index contributed by atoms with van der Waals surface area (Å²) in [5.41, 5.74) is 0. The summed E-state index contributed by atoms with van der Waals surface area (Å²) in [6, 6.07) is 0. The van der Waals surface area contributed by atoms with Gasteiger partial charge in [-0.2, -0.15) is 11.8 Å². The number of rotatable bonds is 3. The molecule has 54 valence electrons. The highest BCUT2D eigenvalue weighted by Crippen LogP contribution is 2.09. The SMILES string of the molecule is CSCCC1COCO1. The van der Waals surface area contributed by atoms with Crippen molar-refractivity contribution in [1.29, 1.82) is 0 Å². The first-order valence-corrected chi connectivity index (χ1v) is 4.51. The van der Waals surface area contributed by atoms with Gasteiger partial charge >= 0.3 is 0 Å². The summed E-state index contributed by atoms with van der Waals surface area (Å²) in [5, 5.41) is 0. The predicted octanol–water partition coefficient (Wildman–Crippen LogP) is 1.11. The summed E-state index contributed by atoms with van der Waals surface area (Å²) < 4.78 is 10.2. The Kier molecular flexibility index (Phi) is 3.40. The van der Waals surface area contributed by atoms with Crippen LogP contribution in [0.1, 0.15) is 6.42 Å². The third-order valence-electron chi connectivity index (χ3n) is 1.33. The summed E-state index contributed by atoms with van der Waals surface area (Å²) in [6.07, 6.45) is 3.61. The van der Waals surface area contributed by atoms with Crippen molar-refractivity contribution in [2.45, 2.75) is 12.5 Å². The third-order valence-corrected chi connectivity index (χ3v) is 1.98. The Labute approximate surface area is 59.9 Å². The van der Waals surface area contributed by atoms with Gasteiger partial charge in [-0.05, 0) is 18.4 Å². The van der Waals surface area contributed by atoms with E-state index in [1.165, 1.54) is 5.75 Å². The van der Waals surface area contributed by atoms with Crippen LogP contribution in [-0.4, -0.2) is 31.5 Å². The maximum atomic E-state index is 5.22. The Balaban J connectivity index is 1.98. The molecule has 1 fully saturated rings. The molecule has 1 aliphatic heterocycles. The monoisotopic (exact) mass is 148 g/mol. The predicted molar refractivity (Wildman–Crippen MR) is 38.7 cm³/mol. The highest BCUT2D eigenvalue weighted by molar-refractivity contribution is 7.98. The zero-order chi connectivity index (χ0) is 6.53. The van der Waals surface area contributed by atoms with E-state index in [1.54, 1.807) is 0 Å². The lowest BCUT2D eigenvalue weighted by Crippen LogP contribution is -2.09. The molecule has 1 atom stereocenters. The molecule has 1 heterocycles. The summed E-state index contributed by atoms with van der Waals surface area (Å²) in [7, 11) is 0. The number of thioether (sulfide) groups is 1. The largest absolute Gasteiger partial charge is 0.353 e. The van der Waals surface area contributed by atoms with Crippen LogP contribution in [0.15, 0.2) is 0 Å². The molecule has 1 unspecified atom stereocenters. The van der Waals surface area contributed by atoms with Crippen molar-refractivity contribution in [3.8, 4) is 0 Å². The van der Waals surface area contributed by atoms with Gasteiger partial charge in [0.2, 0.25) is 0 Å². The third kappa shape index (κ3) is 2.56. The van der Waals surface area contributed by atoms with Crippen molar-refractivity contribution in [2.24, 2.45) is 0 Å². The lowest BCUT2D eigenvalue weighted by molar-refractivity contribution is 0.0463. The second-order valence-corrected chi connectivity index (χ2v) is 3.04. The molecule has 0 amide bonds. The molecule has 0 aliphatic carbocycles. The van der Waals surface area contributed by atoms with E-state index in [-0.39, 0.29) is 0 Å². The van der Waals surface area contributed by atoms with Crippen LogP contribution in [0.3, 0.4) is 0 Å². The lowest BCUT2D eigenvalue weighted by Gasteiger charge is -2.03. The Morgan fingerprint density at radius 1 is 1.67 bits per heavy atom. The minimum absolute atomic E-state index is 0.373. The Hall–Kier alpha value is 0.270. The van der Waals surface area contributed by atoms with Gasteiger partial charge < -0.3 is 9.47 Å². The van der Waals surface area contributed by atoms with Crippen molar-refractivity contribution in [1.82, 2.24) is 0 Å². The molecule has 0 aromatic heterocycles. The van der Waals surface area contributed by atoms with E-state index in [4.69, 9.17) is 9.47 Å². The molecular formula is C6H12O2S. The molecule has 0 aromatic carbocycles. The second-order valence-electron chi connectivity index (χ2n) is 2.06. The Bertz CT molecular complexity index is 71.5. The standard InChI is InChI=1S/C6H12O2S/c1-9-3-2-6-4-7-5-8-6/h6H,2-5H2,1H3. The average molecular weight is 148 g/mol. The minimum atomic E-state index is 0.373. The smallest absolute Gasteiger partial charge is 0.147 e. The van der Waals surface area contributed by atoms with Gasteiger partial charge in [0, 0.05) is 0 Å². The van der Waals surface area contributed by atoms with Gasteiger partial charge in [0.05, 0.1) is 12.7 Å². The van der Waals surface area contributed by atoms with E-state index < -0.39 is 0 Å². The van der Waals surface area contributed by atoms with Crippen LogP contribution in [-0.2, 0) is 9.47 Å². The molecule has 1 aliphatic rings.